The molecule has 0 radical (unpaired) electrons. The first-order valence-electron chi connectivity index (χ1n) is 9.09. The summed E-state index contributed by atoms with van der Waals surface area (Å²) in [7, 11) is -9.78. The Labute approximate surface area is 178 Å². The van der Waals surface area contributed by atoms with Crippen LogP contribution in [0.3, 0.4) is 0 Å². The number of halogens is 5. The third-order valence-electron chi connectivity index (χ3n) is 4.27. The summed E-state index contributed by atoms with van der Waals surface area (Å²) in [5.41, 5.74) is 0.204. The van der Waals surface area contributed by atoms with E-state index in [1.54, 1.807) is 25.1 Å². The smallest absolute Gasteiger partial charge is 0.310 e. The zero-order valence-electron chi connectivity index (χ0n) is 16.2. The van der Waals surface area contributed by atoms with Crippen molar-refractivity contribution < 1.29 is 33.8 Å². The number of hydrogen-bond acceptors (Lipinski definition) is 4. The van der Waals surface area contributed by atoms with Gasteiger partial charge in [-0.25, -0.2) is 0 Å². The van der Waals surface area contributed by atoms with Gasteiger partial charge >= 0.3 is 16.2 Å². The van der Waals surface area contributed by atoms with E-state index in [1.165, 1.54) is 11.3 Å². The first kappa shape index (κ1) is 23.0. The zero-order valence-corrected chi connectivity index (χ0v) is 17.8. The average molecular weight is 479 g/mol. The number of ether oxygens (including phenoxy) is 1. The first-order chi connectivity index (χ1) is 14.2. The minimum Gasteiger partial charge on any atom is -0.466 e. The lowest BCUT2D eigenvalue weighted by atomic mass is 10.2. The molecule has 0 atom stereocenters. The van der Waals surface area contributed by atoms with Crippen LogP contribution >= 0.6 is 21.6 Å². The van der Waals surface area contributed by atoms with Crippen molar-refractivity contribution in [3.05, 3.63) is 59.0 Å². The van der Waals surface area contributed by atoms with Crippen molar-refractivity contribution in [2.75, 3.05) is 11.9 Å². The Balaban J connectivity index is 1.71. The second kappa shape index (κ2) is 7.49. The van der Waals surface area contributed by atoms with Crippen LogP contribution in [0.5, 0.6) is 0 Å². The van der Waals surface area contributed by atoms with Crippen molar-refractivity contribution >= 4 is 49.2 Å². The third kappa shape index (κ3) is 5.95. The van der Waals surface area contributed by atoms with Gasteiger partial charge in [0.05, 0.1) is 13.0 Å². The minimum absolute atomic E-state index is 0.189. The number of carbonyl (C=O) groups excluding carboxylic acids is 2. The molecule has 0 aliphatic carbocycles. The summed E-state index contributed by atoms with van der Waals surface area (Å²) < 4.78 is 69.8. The van der Waals surface area contributed by atoms with Gasteiger partial charge in [0.1, 0.15) is 4.90 Å². The highest BCUT2D eigenvalue weighted by atomic mass is 32.5. The van der Waals surface area contributed by atoms with Gasteiger partial charge in [0.2, 0.25) is 0 Å². The minimum atomic E-state index is -9.78. The number of rotatable bonds is 7. The number of esters is 1. The van der Waals surface area contributed by atoms with E-state index in [4.69, 9.17) is 4.74 Å². The Morgan fingerprint density at radius 1 is 1.00 bits per heavy atom. The summed E-state index contributed by atoms with van der Waals surface area (Å²) in [6.07, 6.45) is 0.762. The van der Waals surface area contributed by atoms with Crippen LogP contribution in [-0.2, 0) is 16.0 Å². The second-order valence-corrected chi connectivity index (χ2v) is 10.3. The molecule has 3 aromatic rings. The Bertz CT molecular complexity index is 1140. The van der Waals surface area contributed by atoms with Gasteiger partial charge in [0.15, 0.2) is 0 Å². The number of aryl methyl sites for hydroxylation is 1. The van der Waals surface area contributed by atoms with E-state index < -0.39 is 21.0 Å². The van der Waals surface area contributed by atoms with Crippen molar-refractivity contribution in [3.8, 4) is 0 Å². The van der Waals surface area contributed by atoms with Crippen molar-refractivity contribution in [1.82, 2.24) is 0 Å². The predicted octanol–water partition coefficient (Wildman–Crippen LogP) is 7.31. The maximum absolute atomic E-state index is 12.8. The number of anilines is 1. The summed E-state index contributed by atoms with van der Waals surface area (Å²) in [4.78, 5) is 22.7. The lowest BCUT2D eigenvalue weighted by Gasteiger charge is -2.40. The van der Waals surface area contributed by atoms with E-state index >= 15 is 0 Å². The molecule has 1 aromatic heterocycles. The second-order valence-electron chi connectivity index (χ2n) is 6.72. The van der Waals surface area contributed by atoms with Crippen molar-refractivity contribution in [1.29, 1.82) is 0 Å². The van der Waals surface area contributed by atoms with Crippen LogP contribution in [0.15, 0.2) is 53.4 Å². The van der Waals surface area contributed by atoms with E-state index in [0.29, 0.717) is 30.8 Å². The number of hydrogen-bond donors (Lipinski definition) is 1. The number of carbonyl (C=O) groups is 2. The fourth-order valence-corrected chi connectivity index (χ4v) is 4.52. The van der Waals surface area contributed by atoms with Crippen molar-refractivity contribution in [2.24, 2.45) is 0 Å². The molecule has 0 aliphatic rings. The Morgan fingerprint density at radius 2 is 1.68 bits per heavy atom. The van der Waals surface area contributed by atoms with Gasteiger partial charge in [-0.3, -0.25) is 9.59 Å². The Hall–Kier alpha value is -2.66. The van der Waals surface area contributed by atoms with Crippen molar-refractivity contribution in [2.45, 2.75) is 24.7 Å². The Kier molecular flexibility index (Phi) is 5.56. The highest BCUT2D eigenvalue weighted by molar-refractivity contribution is 8.45. The van der Waals surface area contributed by atoms with Crippen LogP contribution in [0.1, 0.15) is 28.6 Å². The lowest BCUT2D eigenvalue weighted by Crippen LogP contribution is -2.12. The van der Waals surface area contributed by atoms with E-state index in [9.17, 15) is 29.0 Å². The maximum Gasteiger partial charge on any atom is 0.310 e. The molecule has 0 saturated heterocycles. The average Bonchev–Trinajstić information content (AvgIpc) is 3.07. The molecule has 0 saturated carbocycles. The molecule has 0 aliphatic heterocycles. The van der Waals surface area contributed by atoms with E-state index in [2.05, 4.69) is 5.32 Å². The third-order valence-corrected chi connectivity index (χ3v) is 6.61. The van der Waals surface area contributed by atoms with E-state index in [-0.39, 0.29) is 30.1 Å². The molecule has 4 nitrogen and oxygen atoms in total. The molecule has 31 heavy (non-hydrogen) atoms. The van der Waals surface area contributed by atoms with Gasteiger partial charge in [0.25, 0.3) is 5.91 Å². The highest BCUT2D eigenvalue weighted by Gasteiger charge is 2.65. The fourth-order valence-electron chi connectivity index (χ4n) is 2.82. The van der Waals surface area contributed by atoms with Gasteiger partial charge < -0.3 is 10.1 Å². The first-order valence-corrected chi connectivity index (χ1v) is 11.9. The SMILES string of the molecule is CCOC(=O)CCc1cc2cc(NC(=O)c3ccc(S(F)(F)(F)(F)F)cc3)ccc2s1. The topological polar surface area (TPSA) is 55.4 Å². The van der Waals surface area contributed by atoms with Crippen LogP contribution in [0.25, 0.3) is 10.1 Å². The number of fused-ring (bicyclic) bond motifs is 1. The van der Waals surface area contributed by atoms with Gasteiger partial charge in [-0.1, -0.05) is 19.4 Å². The number of amides is 1. The molecule has 3 rings (SSSR count). The quantitative estimate of drug-likeness (QED) is 0.286. The van der Waals surface area contributed by atoms with Crippen LogP contribution in [0.2, 0.25) is 0 Å². The van der Waals surface area contributed by atoms with E-state index in [0.717, 1.165) is 15.0 Å². The van der Waals surface area contributed by atoms with E-state index in [1.807, 2.05) is 6.07 Å². The Morgan fingerprint density at radius 3 is 2.29 bits per heavy atom. The lowest BCUT2D eigenvalue weighted by molar-refractivity contribution is -0.143. The summed E-state index contributed by atoms with van der Waals surface area (Å²) in [5, 5.41) is 3.35. The highest BCUT2D eigenvalue weighted by Crippen LogP contribution is 3.02. The van der Waals surface area contributed by atoms with Crippen LogP contribution in [-0.4, -0.2) is 18.5 Å². The zero-order chi connectivity index (χ0) is 22.9. The summed E-state index contributed by atoms with van der Waals surface area (Å²) in [5.74, 6) is -1.02. The molecule has 2 aromatic carbocycles. The molecular formula is C20H18F5NO3S2. The van der Waals surface area contributed by atoms with Gasteiger partial charge in [0, 0.05) is 20.8 Å². The summed E-state index contributed by atoms with van der Waals surface area (Å²) in [6.45, 7) is 2.05. The predicted molar refractivity (Wildman–Crippen MR) is 113 cm³/mol. The van der Waals surface area contributed by atoms with Crippen LogP contribution < -0.4 is 5.32 Å². The molecule has 0 fully saturated rings. The summed E-state index contributed by atoms with van der Waals surface area (Å²) >= 11 is 1.49. The number of benzene rings is 2. The normalized spacial score (nSPS) is 14.0. The molecule has 1 amide bonds. The molecule has 1 heterocycles. The number of thiophene rings is 1. The molecular weight excluding hydrogens is 461 g/mol. The molecule has 1 N–H and O–H groups in total. The standard InChI is InChI=1S/C20H18F5NO3S2/c1-2-29-19(27)10-6-16-12-14-11-15(5-9-18(14)30-16)26-20(28)13-3-7-17(8-4-13)31(21,22,23,24)25/h3-5,7-9,11-12H,2,6,10H2,1H3,(H,26,28). The molecule has 0 unspecified atom stereocenters. The van der Waals surface area contributed by atoms with Crippen LogP contribution in [0, 0.1) is 0 Å². The fraction of sp³-hybridized carbons (Fsp3) is 0.200. The summed E-state index contributed by atoms with van der Waals surface area (Å²) in [6, 6.07) is 8.76. The monoisotopic (exact) mass is 479 g/mol. The molecule has 168 valence electrons. The molecule has 0 spiro atoms. The van der Waals surface area contributed by atoms with Gasteiger partial charge in [-0.05, 0) is 67.3 Å². The van der Waals surface area contributed by atoms with Gasteiger partial charge in [-0.2, -0.15) is 0 Å². The largest absolute Gasteiger partial charge is 0.466 e. The van der Waals surface area contributed by atoms with Gasteiger partial charge in [-0.15, -0.1) is 11.3 Å². The van der Waals surface area contributed by atoms with Crippen LogP contribution in [0.4, 0.5) is 25.1 Å². The molecule has 11 heteroatoms. The van der Waals surface area contributed by atoms with Crippen molar-refractivity contribution in [3.63, 3.8) is 0 Å². The molecule has 0 bridgehead atoms. The maximum atomic E-state index is 12.8. The number of nitrogens with one attached hydrogen (secondary N) is 1.